The summed E-state index contributed by atoms with van der Waals surface area (Å²) in [6.45, 7) is 2.93. The molecule has 0 aliphatic carbocycles. The zero-order valence-electron chi connectivity index (χ0n) is 16.8. The standard InChI is InChI=1S/C24H25N5O/c30-24(19-6-2-1-3-7-19)23-17-29(27-26-23)21-10-12-28(13-11-21)16-18-14-20-8-4-5-9-22(20)25-15-18/h1-9,14-15,17,21,24,30H,10-13,16H2. The highest BCUT2D eigenvalue weighted by molar-refractivity contribution is 5.78. The Morgan fingerprint density at radius 1 is 1.00 bits per heavy atom. The molecule has 1 atom stereocenters. The molecule has 1 aliphatic heterocycles. The Balaban J connectivity index is 1.20. The van der Waals surface area contributed by atoms with Crippen molar-refractivity contribution in [2.24, 2.45) is 0 Å². The van der Waals surface area contributed by atoms with Gasteiger partial charge in [-0.2, -0.15) is 0 Å². The number of aliphatic hydroxyl groups excluding tert-OH is 1. The largest absolute Gasteiger partial charge is 0.382 e. The SMILES string of the molecule is OC(c1ccccc1)c1cn(C2CCN(Cc3cnc4ccccc4c3)CC2)nn1. The van der Waals surface area contributed by atoms with Crippen LogP contribution in [0.15, 0.2) is 73.1 Å². The highest BCUT2D eigenvalue weighted by atomic mass is 16.3. The Hall–Kier alpha value is -3.09. The highest BCUT2D eigenvalue weighted by Crippen LogP contribution is 2.26. The number of piperidine rings is 1. The van der Waals surface area contributed by atoms with Crippen molar-refractivity contribution >= 4 is 10.9 Å². The Morgan fingerprint density at radius 2 is 1.77 bits per heavy atom. The van der Waals surface area contributed by atoms with E-state index < -0.39 is 6.10 Å². The number of aromatic nitrogens is 4. The van der Waals surface area contributed by atoms with Crippen LogP contribution in [-0.2, 0) is 6.54 Å². The third-order valence-corrected chi connectivity index (χ3v) is 5.91. The summed E-state index contributed by atoms with van der Waals surface area (Å²) >= 11 is 0. The molecule has 0 spiro atoms. The lowest BCUT2D eigenvalue weighted by atomic mass is 10.0. The molecule has 1 aliphatic rings. The van der Waals surface area contributed by atoms with Crippen molar-refractivity contribution in [2.75, 3.05) is 13.1 Å². The number of hydrogen-bond acceptors (Lipinski definition) is 5. The van der Waals surface area contributed by atoms with Crippen molar-refractivity contribution in [3.63, 3.8) is 0 Å². The smallest absolute Gasteiger partial charge is 0.124 e. The fourth-order valence-electron chi connectivity index (χ4n) is 4.20. The number of likely N-dealkylation sites (tertiary alicyclic amines) is 1. The minimum absolute atomic E-state index is 0.320. The molecule has 5 rings (SSSR count). The van der Waals surface area contributed by atoms with Gasteiger partial charge in [-0.25, -0.2) is 4.68 Å². The maximum Gasteiger partial charge on any atom is 0.124 e. The molecule has 6 heteroatoms. The zero-order chi connectivity index (χ0) is 20.3. The lowest BCUT2D eigenvalue weighted by molar-refractivity contribution is 0.172. The number of benzene rings is 2. The average Bonchev–Trinajstić information content (AvgIpc) is 3.30. The van der Waals surface area contributed by atoms with E-state index in [0.717, 1.165) is 43.6 Å². The van der Waals surface area contributed by atoms with Crippen LogP contribution in [0, 0.1) is 0 Å². The predicted octanol–water partition coefficient (Wildman–Crippen LogP) is 3.75. The lowest BCUT2D eigenvalue weighted by Crippen LogP contribution is -2.34. The van der Waals surface area contributed by atoms with E-state index in [1.165, 1.54) is 10.9 Å². The second kappa shape index (κ2) is 8.34. The van der Waals surface area contributed by atoms with Crippen LogP contribution in [0.25, 0.3) is 10.9 Å². The van der Waals surface area contributed by atoms with Crippen molar-refractivity contribution in [3.8, 4) is 0 Å². The van der Waals surface area contributed by atoms with Crippen molar-refractivity contribution < 1.29 is 5.11 Å². The quantitative estimate of drug-likeness (QED) is 0.554. The van der Waals surface area contributed by atoms with Gasteiger partial charge in [-0.05, 0) is 36.1 Å². The van der Waals surface area contributed by atoms with Crippen molar-refractivity contribution in [1.82, 2.24) is 24.9 Å². The van der Waals surface area contributed by atoms with E-state index in [-0.39, 0.29) is 0 Å². The molecule has 4 aromatic rings. The summed E-state index contributed by atoms with van der Waals surface area (Å²) in [7, 11) is 0. The molecule has 0 saturated carbocycles. The van der Waals surface area contributed by atoms with E-state index in [4.69, 9.17) is 0 Å². The van der Waals surface area contributed by atoms with Gasteiger partial charge in [-0.1, -0.05) is 53.7 Å². The first-order valence-electron chi connectivity index (χ1n) is 10.5. The van der Waals surface area contributed by atoms with E-state index in [1.807, 2.05) is 59.5 Å². The number of hydrogen-bond donors (Lipinski definition) is 1. The molecule has 2 aromatic heterocycles. The van der Waals surface area contributed by atoms with Crippen molar-refractivity contribution in [1.29, 1.82) is 0 Å². The van der Waals surface area contributed by atoms with E-state index >= 15 is 0 Å². The number of rotatable bonds is 5. The van der Waals surface area contributed by atoms with Crippen LogP contribution in [0.2, 0.25) is 0 Å². The topological polar surface area (TPSA) is 67.1 Å². The monoisotopic (exact) mass is 399 g/mol. The Bertz CT molecular complexity index is 1120. The lowest BCUT2D eigenvalue weighted by Gasteiger charge is -2.31. The summed E-state index contributed by atoms with van der Waals surface area (Å²) in [6, 6.07) is 20.4. The Kier molecular flexibility index (Phi) is 5.26. The minimum atomic E-state index is -0.736. The summed E-state index contributed by atoms with van der Waals surface area (Å²) < 4.78 is 1.93. The maximum absolute atomic E-state index is 10.6. The van der Waals surface area contributed by atoms with E-state index in [0.29, 0.717) is 11.7 Å². The number of nitrogens with zero attached hydrogens (tertiary/aromatic N) is 5. The molecule has 1 fully saturated rings. The van der Waals surface area contributed by atoms with Gasteiger partial charge in [0.2, 0.25) is 0 Å². The van der Waals surface area contributed by atoms with Crippen LogP contribution in [-0.4, -0.2) is 43.1 Å². The van der Waals surface area contributed by atoms with E-state index in [9.17, 15) is 5.11 Å². The summed E-state index contributed by atoms with van der Waals surface area (Å²) in [4.78, 5) is 7.05. The summed E-state index contributed by atoms with van der Waals surface area (Å²) in [6.07, 6.45) is 5.19. The van der Waals surface area contributed by atoms with Gasteiger partial charge in [0.1, 0.15) is 11.8 Å². The summed E-state index contributed by atoms with van der Waals surface area (Å²) in [5.74, 6) is 0. The van der Waals surface area contributed by atoms with Crippen molar-refractivity contribution in [3.05, 3.63) is 89.9 Å². The van der Waals surface area contributed by atoms with Gasteiger partial charge in [0, 0.05) is 31.2 Å². The normalized spacial score (nSPS) is 16.7. The Morgan fingerprint density at radius 3 is 2.60 bits per heavy atom. The molecule has 0 bridgehead atoms. The summed E-state index contributed by atoms with van der Waals surface area (Å²) in [5.41, 5.74) is 3.73. The number of fused-ring (bicyclic) bond motifs is 1. The van der Waals surface area contributed by atoms with Gasteiger partial charge >= 0.3 is 0 Å². The molecule has 6 nitrogen and oxygen atoms in total. The zero-order valence-corrected chi connectivity index (χ0v) is 16.8. The average molecular weight is 399 g/mol. The van der Waals surface area contributed by atoms with Gasteiger partial charge in [0.05, 0.1) is 17.8 Å². The first-order chi connectivity index (χ1) is 14.8. The number of pyridine rings is 1. The molecule has 0 amide bonds. The first kappa shape index (κ1) is 18.9. The second-order valence-electron chi connectivity index (χ2n) is 7.98. The van der Waals surface area contributed by atoms with E-state index in [2.05, 4.69) is 38.4 Å². The van der Waals surface area contributed by atoms with Gasteiger partial charge in [-0.3, -0.25) is 9.88 Å². The fraction of sp³-hybridized carbons (Fsp3) is 0.292. The highest BCUT2D eigenvalue weighted by Gasteiger charge is 2.23. The number of aliphatic hydroxyl groups is 1. The molecule has 1 unspecified atom stereocenters. The third-order valence-electron chi connectivity index (χ3n) is 5.91. The molecule has 3 heterocycles. The fourth-order valence-corrected chi connectivity index (χ4v) is 4.20. The van der Waals surface area contributed by atoms with Gasteiger partial charge in [0.15, 0.2) is 0 Å². The molecular formula is C24H25N5O. The van der Waals surface area contributed by atoms with Gasteiger partial charge in [0.25, 0.3) is 0 Å². The second-order valence-corrected chi connectivity index (χ2v) is 7.98. The van der Waals surface area contributed by atoms with Crippen molar-refractivity contribution in [2.45, 2.75) is 31.5 Å². The molecule has 1 saturated heterocycles. The van der Waals surface area contributed by atoms with Crippen LogP contribution < -0.4 is 0 Å². The third kappa shape index (κ3) is 3.97. The molecule has 1 N–H and O–H groups in total. The van der Waals surface area contributed by atoms with E-state index in [1.54, 1.807) is 0 Å². The first-order valence-corrected chi connectivity index (χ1v) is 10.5. The van der Waals surface area contributed by atoms with Gasteiger partial charge in [-0.15, -0.1) is 5.10 Å². The van der Waals surface area contributed by atoms with Crippen LogP contribution >= 0.6 is 0 Å². The molecular weight excluding hydrogens is 374 g/mol. The van der Waals surface area contributed by atoms with Crippen LogP contribution in [0.5, 0.6) is 0 Å². The minimum Gasteiger partial charge on any atom is -0.382 e. The maximum atomic E-state index is 10.6. The van der Waals surface area contributed by atoms with Gasteiger partial charge < -0.3 is 5.11 Å². The Labute approximate surface area is 175 Å². The van der Waals surface area contributed by atoms with Crippen LogP contribution in [0.3, 0.4) is 0 Å². The number of para-hydroxylation sites is 1. The molecule has 2 aromatic carbocycles. The summed E-state index contributed by atoms with van der Waals surface area (Å²) in [5, 5.41) is 20.3. The van der Waals surface area contributed by atoms with Crippen LogP contribution in [0.4, 0.5) is 0 Å². The molecule has 152 valence electrons. The molecule has 30 heavy (non-hydrogen) atoms. The predicted molar refractivity (Wildman–Crippen MR) is 116 cm³/mol. The van der Waals surface area contributed by atoms with Crippen LogP contribution in [0.1, 0.15) is 41.8 Å². The molecule has 0 radical (unpaired) electrons.